The summed E-state index contributed by atoms with van der Waals surface area (Å²) in [5, 5.41) is 18.4. The van der Waals surface area contributed by atoms with Crippen LogP contribution in [0.2, 0.25) is 0 Å². The normalized spacial score (nSPS) is 25.8. The van der Waals surface area contributed by atoms with Gasteiger partial charge in [-0.25, -0.2) is 0 Å². The molecule has 5 rings (SSSR count). The first kappa shape index (κ1) is 21.5. The molecule has 1 aromatic carbocycles. The number of carbonyl (C=O) groups is 2. The van der Waals surface area contributed by atoms with E-state index in [1.165, 1.54) is 24.8 Å². The van der Waals surface area contributed by atoms with Crippen molar-refractivity contribution >= 4 is 28.9 Å². The highest BCUT2D eigenvalue weighted by molar-refractivity contribution is 6.05. The van der Waals surface area contributed by atoms with Gasteiger partial charge in [0.05, 0.1) is 18.7 Å². The average molecular weight is 427 g/mol. The van der Waals surface area contributed by atoms with Gasteiger partial charge in [-0.3, -0.25) is 14.7 Å². The minimum atomic E-state index is -0.250. The second kappa shape index (κ2) is 9.62. The third-order valence-electron chi connectivity index (χ3n) is 6.79. The first-order chi connectivity index (χ1) is 15.1. The summed E-state index contributed by atoms with van der Waals surface area (Å²) < 4.78 is 5.42. The number of hydrogen-bond donors (Lipinski definition) is 3. The van der Waals surface area contributed by atoms with Gasteiger partial charge < -0.3 is 20.1 Å². The first-order valence-corrected chi connectivity index (χ1v) is 11.0. The highest BCUT2D eigenvalue weighted by Crippen LogP contribution is 2.33. The van der Waals surface area contributed by atoms with Crippen LogP contribution in [0.3, 0.4) is 0 Å². The van der Waals surface area contributed by atoms with Gasteiger partial charge in [0.2, 0.25) is 0 Å². The Morgan fingerprint density at radius 1 is 1.32 bits per heavy atom. The summed E-state index contributed by atoms with van der Waals surface area (Å²) in [7, 11) is 2.24. The molecule has 3 N–H and O–H groups in total. The smallest absolute Gasteiger partial charge is 0.290 e. The Hall–Kier alpha value is -2.71. The standard InChI is InChI=1S/C22H28N4O2.CH2O2/c1-26-17-3-2-4-18(26)13-16(12-17)23-22(27)21-19-11-15(5-6-20(19)24-25-21)14-7-9-28-10-8-14;2-1-3/h5-7,11,16-18H,2-4,8-10,12-13H2,1H3,(H,23,27)(H,24,25);1H,(H,2,3). The summed E-state index contributed by atoms with van der Waals surface area (Å²) in [6.07, 6.45) is 8.91. The Morgan fingerprint density at radius 2 is 2.06 bits per heavy atom. The molecule has 8 nitrogen and oxygen atoms in total. The minimum Gasteiger partial charge on any atom is -0.483 e. The van der Waals surface area contributed by atoms with Gasteiger partial charge in [-0.1, -0.05) is 18.6 Å². The zero-order chi connectivity index (χ0) is 21.8. The van der Waals surface area contributed by atoms with Gasteiger partial charge in [0.1, 0.15) is 0 Å². The molecular formula is C23H30N4O4. The van der Waals surface area contributed by atoms with Gasteiger partial charge in [0.25, 0.3) is 12.4 Å². The van der Waals surface area contributed by atoms with Crippen molar-refractivity contribution in [3.8, 4) is 0 Å². The molecule has 1 aromatic heterocycles. The highest BCUT2D eigenvalue weighted by atomic mass is 16.5. The Kier molecular flexibility index (Phi) is 6.67. The number of nitrogens with one attached hydrogen (secondary N) is 2. The predicted molar refractivity (Wildman–Crippen MR) is 118 cm³/mol. The maximum atomic E-state index is 13.0. The molecule has 2 aromatic rings. The molecule has 8 heteroatoms. The molecule has 4 heterocycles. The van der Waals surface area contributed by atoms with Crippen LogP contribution in [0.5, 0.6) is 0 Å². The Morgan fingerprint density at radius 3 is 2.74 bits per heavy atom. The maximum absolute atomic E-state index is 13.0. The topological polar surface area (TPSA) is 108 Å². The number of rotatable bonds is 3. The van der Waals surface area contributed by atoms with Crippen molar-refractivity contribution in [2.24, 2.45) is 0 Å². The molecular weight excluding hydrogens is 396 g/mol. The number of fused-ring (bicyclic) bond motifs is 3. The fourth-order valence-corrected chi connectivity index (χ4v) is 5.16. The quantitative estimate of drug-likeness (QED) is 0.652. The Labute approximate surface area is 181 Å². The maximum Gasteiger partial charge on any atom is 0.290 e. The van der Waals surface area contributed by atoms with Gasteiger partial charge in [-0.15, -0.1) is 0 Å². The number of piperidine rings is 2. The van der Waals surface area contributed by atoms with Gasteiger partial charge in [0.15, 0.2) is 5.69 Å². The molecule has 2 saturated heterocycles. The summed E-state index contributed by atoms with van der Waals surface area (Å²) >= 11 is 0. The van der Waals surface area contributed by atoms with Crippen LogP contribution < -0.4 is 5.32 Å². The van der Waals surface area contributed by atoms with Crippen LogP contribution in [-0.2, 0) is 9.53 Å². The molecule has 2 unspecified atom stereocenters. The van der Waals surface area contributed by atoms with Crippen molar-refractivity contribution in [3.63, 3.8) is 0 Å². The monoisotopic (exact) mass is 426 g/mol. The number of nitrogens with zero attached hydrogens (tertiary/aromatic N) is 2. The molecule has 2 atom stereocenters. The van der Waals surface area contributed by atoms with Crippen molar-refractivity contribution < 1.29 is 19.4 Å². The number of H-pyrrole nitrogens is 1. The molecule has 0 spiro atoms. The van der Waals surface area contributed by atoms with Crippen molar-refractivity contribution in [1.29, 1.82) is 0 Å². The van der Waals surface area contributed by atoms with Crippen LogP contribution in [0.15, 0.2) is 24.3 Å². The van der Waals surface area contributed by atoms with Crippen molar-refractivity contribution in [2.75, 3.05) is 20.3 Å². The van der Waals surface area contributed by atoms with E-state index in [9.17, 15) is 4.79 Å². The van der Waals surface area contributed by atoms with Gasteiger partial charge in [-0.2, -0.15) is 5.10 Å². The second-order valence-electron chi connectivity index (χ2n) is 8.54. The second-order valence-corrected chi connectivity index (χ2v) is 8.54. The zero-order valence-corrected chi connectivity index (χ0v) is 17.8. The molecule has 2 fully saturated rings. The van der Waals surface area contributed by atoms with Crippen LogP contribution in [-0.4, -0.2) is 71.0 Å². The molecule has 1 amide bonds. The molecule has 0 saturated carbocycles. The van der Waals surface area contributed by atoms with Crippen LogP contribution in [0.4, 0.5) is 0 Å². The molecule has 3 aliphatic heterocycles. The molecule has 2 bridgehead atoms. The van der Waals surface area contributed by atoms with E-state index >= 15 is 0 Å². The van der Waals surface area contributed by atoms with Crippen LogP contribution in [0.25, 0.3) is 16.5 Å². The van der Waals surface area contributed by atoms with E-state index < -0.39 is 0 Å². The number of benzene rings is 1. The van der Waals surface area contributed by atoms with Crippen molar-refractivity contribution in [2.45, 2.75) is 56.7 Å². The van der Waals surface area contributed by atoms with Gasteiger partial charge >= 0.3 is 0 Å². The molecule has 0 radical (unpaired) electrons. The fraction of sp³-hybridized carbons (Fsp3) is 0.522. The van der Waals surface area contributed by atoms with E-state index in [4.69, 9.17) is 14.6 Å². The Bertz CT molecular complexity index is 956. The van der Waals surface area contributed by atoms with E-state index in [1.54, 1.807) is 0 Å². The summed E-state index contributed by atoms with van der Waals surface area (Å²) in [5.74, 6) is -0.0583. The predicted octanol–water partition coefficient (Wildman–Crippen LogP) is 2.81. The fourth-order valence-electron chi connectivity index (χ4n) is 5.16. The van der Waals surface area contributed by atoms with Crippen LogP contribution in [0.1, 0.15) is 54.6 Å². The van der Waals surface area contributed by atoms with E-state index in [0.717, 1.165) is 42.3 Å². The number of aromatic amines is 1. The van der Waals surface area contributed by atoms with Crippen LogP contribution in [0, 0.1) is 0 Å². The largest absolute Gasteiger partial charge is 0.483 e. The summed E-state index contributed by atoms with van der Waals surface area (Å²) in [6.45, 7) is 1.16. The van der Waals surface area contributed by atoms with E-state index in [0.29, 0.717) is 24.4 Å². The van der Waals surface area contributed by atoms with Crippen molar-refractivity contribution in [1.82, 2.24) is 20.4 Å². The van der Waals surface area contributed by atoms with E-state index in [2.05, 4.69) is 45.7 Å². The van der Waals surface area contributed by atoms with E-state index in [1.807, 2.05) is 6.07 Å². The summed E-state index contributed by atoms with van der Waals surface area (Å²) in [4.78, 5) is 23.9. The molecule has 31 heavy (non-hydrogen) atoms. The third kappa shape index (κ3) is 4.65. The van der Waals surface area contributed by atoms with Crippen LogP contribution >= 0.6 is 0 Å². The molecule has 0 aliphatic carbocycles. The van der Waals surface area contributed by atoms with Gasteiger partial charge in [-0.05, 0) is 62.4 Å². The lowest BCUT2D eigenvalue weighted by molar-refractivity contribution is -0.122. The molecule has 166 valence electrons. The molecule has 3 aliphatic rings. The van der Waals surface area contributed by atoms with E-state index in [-0.39, 0.29) is 18.4 Å². The lowest BCUT2D eigenvalue weighted by Crippen LogP contribution is -2.55. The zero-order valence-electron chi connectivity index (χ0n) is 17.8. The number of ether oxygens (including phenoxy) is 1. The summed E-state index contributed by atoms with van der Waals surface area (Å²) in [5.41, 5.74) is 3.85. The summed E-state index contributed by atoms with van der Waals surface area (Å²) in [6, 6.07) is 7.64. The lowest BCUT2D eigenvalue weighted by atomic mass is 9.82. The number of carbonyl (C=O) groups excluding carboxylic acids is 1. The third-order valence-corrected chi connectivity index (χ3v) is 6.79. The number of aromatic nitrogens is 2. The van der Waals surface area contributed by atoms with Crippen molar-refractivity contribution in [3.05, 3.63) is 35.5 Å². The lowest BCUT2D eigenvalue weighted by Gasteiger charge is -2.47. The Balaban J connectivity index is 0.000000730. The average Bonchev–Trinajstić information content (AvgIpc) is 3.19. The SMILES string of the molecule is CN1C2CCCC1CC(NC(=O)c1n[nH]c3ccc(C4=CCOCC4)cc13)C2.O=CO. The van der Waals surface area contributed by atoms with Gasteiger partial charge in [0, 0.05) is 23.5 Å². The number of amides is 1. The first-order valence-electron chi connectivity index (χ1n) is 11.0. The minimum absolute atomic E-state index is 0.0583. The highest BCUT2D eigenvalue weighted by Gasteiger charge is 2.36. The number of carboxylic acid groups (broad SMARTS) is 1. The number of hydrogen-bond acceptors (Lipinski definition) is 5.